The fraction of sp³-hybridized carbons (Fsp3) is 0.379. The maximum absolute atomic E-state index is 14.7. The zero-order valence-corrected chi connectivity index (χ0v) is 22.7. The van der Waals surface area contributed by atoms with Gasteiger partial charge in [-0.2, -0.15) is 0 Å². The molecule has 2 aliphatic rings. The van der Waals surface area contributed by atoms with E-state index in [1.165, 1.54) is 6.07 Å². The molecule has 8 nitrogen and oxygen atoms in total. The molecule has 0 saturated carbocycles. The maximum Gasteiger partial charge on any atom is 0.328 e. The molecule has 3 aromatic rings. The molecular weight excluding hydrogens is 525 g/mol. The average molecular weight is 556 g/mol. The van der Waals surface area contributed by atoms with Crippen molar-refractivity contribution in [2.24, 2.45) is 0 Å². The van der Waals surface area contributed by atoms with Gasteiger partial charge in [0.05, 0.1) is 30.6 Å². The Morgan fingerprint density at radius 3 is 2.79 bits per heavy atom. The molecule has 1 unspecified atom stereocenters. The lowest BCUT2D eigenvalue weighted by atomic mass is 9.88. The minimum absolute atomic E-state index is 0.263. The van der Waals surface area contributed by atoms with E-state index in [1.807, 2.05) is 16.7 Å². The SMILES string of the molecule is COCCn1c(/C=C/C(=O)O)cnc1CN1CCC(c2cccc3c2OC(C)(c2ccc(Cl)cc2F)O3)CC1. The highest BCUT2D eigenvalue weighted by atomic mass is 35.5. The molecule has 1 N–H and O–H groups in total. The molecule has 0 spiro atoms. The molecule has 2 aromatic carbocycles. The van der Waals surface area contributed by atoms with Gasteiger partial charge in [-0.25, -0.2) is 14.2 Å². The van der Waals surface area contributed by atoms with E-state index in [2.05, 4.69) is 16.0 Å². The highest BCUT2D eigenvalue weighted by Gasteiger charge is 2.43. The first-order valence-electron chi connectivity index (χ1n) is 12.9. The molecule has 1 fully saturated rings. The lowest BCUT2D eigenvalue weighted by molar-refractivity contribution is -0.131. The Morgan fingerprint density at radius 1 is 1.28 bits per heavy atom. The summed E-state index contributed by atoms with van der Waals surface area (Å²) in [6.07, 6.45) is 6.20. The number of imidazole rings is 1. The number of aliphatic carboxylic acids is 1. The summed E-state index contributed by atoms with van der Waals surface area (Å²) in [5, 5.41) is 9.32. The molecule has 0 bridgehead atoms. The normalized spacial score (nSPS) is 19.7. The number of aromatic nitrogens is 2. The topological polar surface area (TPSA) is 86.0 Å². The lowest BCUT2D eigenvalue weighted by Gasteiger charge is -2.32. The summed E-state index contributed by atoms with van der Waals surface area (Å²) in [5.41, 5.74) is 2.09. The molecule has 5 rings (SSSR count). The highest BCUT2D eigenvalue weighted by molar-refractivity contribution is 6.30. The van der Waals surface area contributed by atoms with E-state index in [4.69, 9.17) is 30.9 Å². The largest absolute Gasteiger partial charge is 0.478 e. The second-order valence-electron chi connectivity index (χ2n) is 9.91. The number of para-hydroxylation sites is 1. The van der Waals surface area contributed by atoms with Crippen molar-refractivity contribution in [2.75, 3.05) is 26.8 Å². The Kier molecular flexibility index (Phi) is 7.93. The first-order valence-corrected chi connectivity index (χ1v) is 13.3. The van der Waals surface area contributed by atoms with Crippen LogP contribution in [0.4, 0.5) is 4.39 Å². The van der Waals surface area contributed by atoms with Crippen LogP contribution in [-0.2, 0) is 28.4 Å². The minimum Gasteiger partial charge on any atom is -0.478 e. The summed E-state index contributed by atoms with van der Waals surface area (Å²) >= 11 is 5.94. The number of halogens is 2. The quantitative estimate of drug-likeness (QED) is 0.352. The van der Waals surface area contributed by atoms with Crippen molar-refractivity contribution >= 4 is 23.6 Å². The van der Waals surface area contributed by atoms with Crippen LogP contribution < -0.4 is 9.47 Å². The number of piperidine rings is 1. The Morgan fingerprint density at radius 2 is 2.08 bits per heavy atom. The van der Waals surface area contributed by atoms with Gasteiger partial charge in [0.25, 0.3) is 5.79 Å². The lowest BCUT2D eigenvalue weighted by Crippen LogP contribution is -2.34. The minimum atomic E-state index is -1.28. The number of ether oxygens (including phenoxy) is 3. The number of fused-ring (bicyclic) bond motifs is 1. The van der Waals surface area contributed by atoms with E-state index in [9.17, 15) is 9.18 Å². The van der Waals surface area contributed by atoms with Crippen LogP contribution in [0.5, 0.6) is 11.5 Å². The summed E-state index contributed by atoms with van der Waals surface area (Å²) in [6, 6.07) is 10.4. The van der Waals surface area contributed by atoms with Crippen molar-refractivity contribution in [1.82, 2.24) is 14.5 Å². The zero-order chi connectivity index (χ0) is 27.6. The number of carboxylic acids is 1. The first kappa shape index (κ1) is 27.2. The second-order valence-corrected chi connectivity index (χ2v) is 10.4. The van der Waals surface area contributed by atoms with Gasteiger partial charge in [0, 0.05) is 37.2 Å². The summed E-state index contributed by atoms with van der Waals surface area (Å²) in [7, 11) is 1.64. The van der Waals surface area contributed by atoms with Crippen LogP contribution in [0.25, 0.3) is 6.08 Å². The van der Waals surface area contributed by atoms with Crippen molar-refractivity contribution in [2.45, 2.75) is 44.6 Å². The van der Waals surface area contributed by atoms with E-state index in [0.29, 0.717) is 41.8 Å². The molecule has 1 aromatic heterocycles. The van der Waals surface area contributed by atoms with Gasteiger partial charge in [0.2, 0.25) is 0 Å². The molecule has 1 atom stereocenters. The molecule has 0 radical (unpaired) electrons. The Bertz CT molecular complexity index is 1390. The van der Waals surface area contributed by atoms with E-state index in [1.54, 1.807) is 38.4 Å². The monoisotopic (exact) mass is 555 g/mol. The van der Waals surface area contributed by atoms with Crippen molar-refractivity contribution in [3.05, 3.63) is 82.2 Å². The standard InChI is InChI=1S/C29H31ClFN3O5/c1-29(23-8-6-20(30)16-24(23)31)38-25-5-3-4-22(28(25)39-29)19-10-12-33(13-11-19)18-26-32-17-21(7-9-27(35)36)34(26)14-15-37-2/h3-9,16-17,19H,10-15,18H2,1-2H3,(H,35,36)/b9-7+. The van der Waals surface area contributed by atoms with Crippen molar-refractivity contribution in [3.63, 3.8) is 0 Å². The van der Waals surface area contributed by atoms with Crippen molar-refractivity contribution in [3.8, 4) is 11.5 Å². The predicted molar refractivity (Wildman–Crippen MR) is 144 cm³/mol. The van der Waals surface area contributed by atoms with Gasteiger partial charge in [-0.1, -0.05) is 23.7 Å². The van der Waals surface area contributed by atoms with Gasteiger partial charge in [0.1, 0.15) is 11.6 Å². The smallest absolute Gasteiger partial charge is 0.328 e. The number of rotatable bonds is 9. The molecule has 39 heavy (non-hydrogen) atoms. The van der Waals surface area contributed by atoms with Gasteiger partial charge >= 0.3 is 5.97 Å². The number of nitrogens with zero attached hydrogens (tertiary/aromatic N) is 3. The van der Waals surface area contributed by atoms with Gasteiger partial charge in [-0.15, -0.1) is 0 Å². The average Bonchev–Trinajstić information content (AvgIpc) is 3.46. The Hall–Kier alpha value is -3.40. The van der Waals surface area contributed by atoms with Crippen molar-refractivity contribution < 1.29 is 28.5 Å². The van der Waals surface area contributed by atoms with Gasteiger partial charge < -0.3 is 23.9 Å². The number of carboxylic acid groups (broad SMARTS) is 1. The van der Waals surface area contributed by atoms with Gasteiger partial charge in [0.15, 0.2) is 11.5 Å². The molecule has 3 heterocycles. The summed E-state index contributed by atoms with van der Waals surface area (Å²) in [4.78, 5) is 17.9. The number of likely N-dealkylation sites (tertiary alicyclic amines) is 1. The number of hydrogen-bond acceptors (Lipinski definition) is 6. The molecule has 1 saturated heterocycles. The number of hydrogen-bond donors (Lipinski definition) is 1. The number of methoxy groups -OCH3 is 1. The maximum atomic E-state index is 14.7. The van der Waals surface area contributed by atoms with Crippen LogP contribution >= 0.6 is 11.6 Å². The first-order chi connectivity index (χ1) is 18.8. The molecule has 206 valence electrons. The Balaban J connectivity index is 1.27. The third-order valence-corrected chi connectivity index (χ3v) is 7.54. The van der Waals surface area contributed by atoms with Gasteiger partial charge in [-0.3, -0.25) is 4.90 Å². The van der Waals surface area contributed by atoms with E-state index >= 15 is 0 Å². The number of benzene rings is 2. The van der Waals surface area contributed by atoms with Crippen LogP contribution in [0.3, 0.4) is 0 Å². The van der Waals surface area contributed by atoms with E-state index in [-0.39, 0.29) is 5.92 Å². The fourth-order valence-electron chi connectivity index (χ4n) is 5.32. The third kappa shape index (κ3) is 5.80. The third-order valence-electron chi connectivity index (χ3n) is 7.31. The summed E-state index contributed by atoms with van der Waals surface area (Å²) in [5.74, 6) is -0.351. The number of carbonyl (C=O) groups is 1. The van der Waals surface area contributed by atoms with Crippen LogP contribution in [0.2, 0.25) is 5.02 Å². The van der Waals surface area contributed by atoms with Crippen LogP contribution in [0.15, 0.2) is 48.7 Å². The zero-order valence-electron chi connectivity index (χ0n) is 21.9. The predicted octanol–water partition coefficient (Wildman–Crippen LogP) is 5.44. The fourth-order valence-corrected chi connectivity index (χ4v) is 5.48. The molecule has 10 heteroatoms. The van der Waals surface area contributed by atoms with Crippen LogP contribution in [0.1, 0.15) is 48.3 Å². The second kappa shape index (κ2) is 11.4. The molecule has 0 aliphatic carbocycles. The molecule has 2 aliphatic heterocycles. The van der Waals surface area contributed by atoms with E-state index in [0.717, 1.165) is 49.1 Å². The summed E-state index contributed by atoms with van der Waals surface area (Å²) < 4.78 is 34.4. The van der Waals surface area contributed by atoms with Crippen molar-refractivity contribution in [1.29, 1.82) is 0 Å². The Labute approximate surface area is 231 Å². The van der Waals surface area contributed by atoms with E-state index < -0.39 is 17.6 Å². The highest BCUT2D eigenvalue weighted by Crippen LogP contribution is 2.49. The molecular formula is C29H31ClFN3O5. The summed E-state index contributed by atoms with van der Waals surface area (Å²) in [6.45, 7) is 5.17. The van der Waals surface area contributed by atoms with Crippen LogP contribution in [0, 0.1) is 5.82 Å². The van der Waals surface area contributed by atoms with Gasteiger partial charge in [-0.05, 0) is 62.2 Å². The molecule has 0 amide bonds. The van der Waals surface area contributed by atoms with Crippen LogP contribution in [-0.4, -0.2) is 52.3 Å².